The van der Waals surface area contributed by atoms with Gasteiger partial charge >= 0.3 is 18.2 Å². The fourth-order valence-corrected chi connectivity index (χ4v) is 4.32. The third-order valence-electron chi connectivity index (χ3n) is 5.89. The van der Waals surface area contributed by atoms with Crippen molar-refractivity contribution in [2.75, 3.05) is 13.2 Å². The van der Waals surface area contributed by atoms with Gasteiger partial charge in [0.1, 0.15) is 12.4 Å². The van der Waals surface area contributed by atoms with Crippen LogP contribution in [0.25, 0.3) is 0 Å². The van der Waals surface area contributed by atoms with Crippen molar-refractivity contribution in [1.29, 1.82) is 0 Å². The first-order valence-corrected chi connectivity index (χ1v) is 10.8. The van der Waals surface area contributed by atoms with Gasteiger partial charge in [-0.05, 0) is 44.2 Å². The van der Waals surface area contributed by atoms with Crippen LogP contribution in [-0.4, -0.2) is 70.6 Å². The van der Waals surface area contributed by atoms with Gasteiger partial charge in [0.15, 0.2) is 0 Å². The Labute approximate surface area is 184 Å². The first kappa shape index (κ1) is 24.1. The Hall–Kier alpha value is -2.56. The number of likely N-dealkylation sites (tertiary alicyclic amines) is 1. The molecular formula is C21H28F3N3O5. The van der Waals surface area contributed by atoms with Crippen LogP contribution in [-0.2, 0) is 9.53 Å². The Kier molecular flexibility index (Phi) is 8.16. The number of carboxylic acid groups (broad SMARTS) is 1. The van der Waals surface area contributed by atoms with Crippen molar-refractivity contribution in [1.82, 2.24) is 15.2 Å². The highest BCUT2D eigenvalue weighted by molar-refractivity contribution is 5.75. The summed E-state index contributed by atoms with van der Waals surface area (Å²) in [6, 6.07) is 4.47. The number of rotatable bonds is 4. The summed E-state index contributed by atoms with van der Waals surface area (Å²) in [5.74, 6) is -1.98. The number of hydrogen-bond donors (Lipinski definition) is 2. The van der Waals surface area contributed by atoms with Crippen molar-refractivity contribution in [3.63, 3.8) is 0 Å². The highest BCUT2D eigenvalue weighted by atomic mass is 19.4. The molecule has 11 heteroatoms. The largest absolute Gasteiger partial charge is 0.490 e. The van der Waals surface area contributed by atoms with Gasteiger partial charge in [-0.25, -0.2) is 9.59 Å². The summed E-state index contributed by atoms with van der Waals surface area (Å²) >= 11 is 0. The molecule has 1 saturated carbocycles. The molecule has 0 aromatic carbocycles. The number of halogens is 3. The molecule has 2 amide bonds. The van der Waals surface area contributed by atoms with Crippen molar-refractivity contribution in [3.8, 4) is 5.75 Å². The highest BCUT2D eigenvalue weighted by Gasteiger charge is 2.42. The molecule has 8 nitrogen and oxygen atoms in total. The van der Waals surface area contributed by atoms with E-state index in [0.717, 1.165) is 44.4 Å². The number of alkyl halides is 3. The molecule has 2 N–H and O–H groups in total. The van der Waals surface area contributed by atoms with E-state index in [1.54, 1.807) is 12.4 Å². The molecule has 1 aromatic heterocycles. The zero-order valence-corrected chi connectivity index (χ0v) is 17.6. The van der Waals surface area contributed by atoms with Gasteiger partial charge in [-0.15, -0.1) is 0 Å². The Balaban J connectivity index is 0.000000360. The molecule has 1 aliphatic carbocycles. The van der Waals surface area contributed by atoms with Gasteiger partial charge in [0, 0.05) is 18.8 Å². The Morgan fingerprint density at radius 3 is 2.56 bits per heavy atom. The minimum absolute atomic E-state index is 0.0966. The van der Waals surface area contributed by atoms with Gasteiger partial charge in [-0.1, -0.05) is 12.8 Å². The summed E-state index contributed by atoms with van der Waals surface area (Å²) in [6.45, 7) is 1.34. The van der Waals surface area contributed by atoms with Gasteiger partial charge in [-0.3, -0.25) is 4.98 Å². The van der Waals surface area contributed by atoms with Crippen molar-refractivity contribution in [2.24, 2.45) is 0 Å². The number of ether oxygens (including phenoxy) is 2. The average molecular weight is 459 g/mol. The van der Waals surface area contributed by atoms with Gasteiger partial charge in [0.2, 0.25) is 0 Å². The first-order valence-electron chi connectivity index (χ1n) is 10.8. The minimum Gasteiger partial charge on any atom is -0.489 e. The summed E-state index contributed by atoms with van der Waals surface area (Å²) in [6.07, 6.45) is 6.16. The fraction of sp³-hybridized carbons (Fsp3) is 0.667. The third kappa shape index (κ3) is 6.72. The van der Waals surface area contributed by atoms with Gasteiger partial charge in [-0.2, -0.15) is 13.2 Å². The number of fused-ring (bicyclic) bond motifs is 1. The number of carbonyl (C=O) groups excluding carboxylic acids is 1. The van der Waals surface area contributed by atoms with Crippen LogP contribution in [0, 0.1) is 0 Å². The zero-order chi connectivity index (χ0) is 23.1. The molecule has 2 saturated heterocycles. The monoisotopic (exact) mass is 459 g/mol. The van der Waals surface area contributed by atoms with Crippen LogP contribution in [0.3, 0.4) is 0 Å². The lowest BCUT2D eigenvalue weighted by Crippen LogP contribution is -2.50. The number of amides is 2. The standard InChI is InChI=1S/C19H27N3O3.C2HF3O2/c23-19(21-14-4-1-2-5-14)22-11-9-18-17(22)8-7-16(25-18)13-24-15-6-3-10-20-12-15;3-2(4,5)1(6)7/h3,6,10,12,14,16-18H,1-2,4-5,7-9,11,13H2,(H,21,23);(H,6,7)/t16-,17-,18-;/m0./s1. The Morgan fingerprint density at radius 1 is 1.22 bits per heavy atom. The van der Waals surface area contributed by atoms with E-state index in [1.807, 2.05) is 17.0 Å². The number of nitrogens with zero attached hydrogens (tertiary/aromatic N) is 2. The smallest absolute Gasteiger partial charge is 0.489 e. The molecule has 4 rings (SSSR count). The molecule has 2 aliphatic heterocycles. The van der Waals surface area contributed by atoms with Crippen LogP contribution in [0.1, 0.15) is 44.9 Å². The summed E-state index contributed by atoms with van der Waals surface area (Å²) in [5.41, 5.74) is 0. The predicted molar refractivity (Wildman–Crippen MR) is 107 cm³/mol. The summed E-state index contributed by atoms with van der Waals surface area (Å²) in [5, 5.41) is 10.3. The second-order valence-electron chi connectivity index (χ2n) is 8.16. The fourth-order valence-electron chi connectivity index (χ4n) is 4.32. The van der Waals surface area contributed by atoms with Crippen LogP contribution in [0.4, 0.5) is 18.0 Å². The van der Waals surface area contributed by atoms with E-state index >= 15 is 0 Å². The molecule has 3 fully saturated rings. The number of pyridine rings is 1. The van der Waals surface area contributed by atoms with E-state index in [9.17, 15) is 18.0 Å². The molecule has 178 valence electrons. The number of carboxylic acids is 1. The number of urea groups is 1. The average Bonchev–Trinajstić information content (AvgIpc) is 3.42. The van der Waals surface area contributed by atoms with E-state index in [-0.39, 0.29) is 24.3 Å². The lowest BCUT2D eigenvalue weighted by molar-refractivity contribution is -0.192. The molecule has 0 spiro atoms. The van der Waals surface area contributed by atoms with Gasteiger partial charge in [0.25, 0.3) is 0 Å². The maximum Gasteiger partial charge on any atom is 0.490 e. The second kappa shape index (κ2) is 10.8. The molecule has 0 unspecified atom stereocenters. The van der Waals surface area contributed by atoms with Gasteiger partial charge in [0.05, 0.1) is 24.4 Å². The quantitative estimate of drug-likeness (QED) is 0.716. The molecule has 3 heterocycles. The Bertz CT molecular complexity index is 759. The van der Waals surface area contributed by atoms with Crippen LogP contribution in [0.2, 0.25) is 0 Å². The van der Waals surface area contributed by atoms with Crippen molar-refractivity contribution in [3.05, 3.63) is 24.5 Å². The van der Waals surface area contributed by atoms with Crippen LogP contribution < -0.4 is 10.1 Å². The highest BCUT2D eigenvalue weighted by Crippen LogP contribution is 2.32. The molecule has 0 radical (unpaired) electrons. The van der Waals surface area contributed by atoms with E-state index in [1.165, 1.54) is 12.8 Å². The van der Waals surface area contributed by atoms with Crippen molar-refractivity contribution >= 4 is 12.0 Å². The van der Waals surface area contributed by atoms with Crippen molar-refractivity contribution in [2.45, 2.75) is 75.4 Å². The maximum atomic E-state index is 12.6. The molecule has 3 atom stereocenters. The molecular weight excluding hydrogens is 431 g/mol. The van der Waals surface area contributed by atoms with Gasteiger partial charge < -0.3 is 24.8 Å². The number of aliphatic carboxylic acids is 1. The van der Waals surface area contributed by atoms with Crippen LogP contribution >= 0.6 is 0 Å². The van der Waals surface area contributed by atoms with Crippen LogP contribution in [0.15, 0.2) is 24.5 Å². The lowest BCUT2D eigenvalue weighted by Gasteiger charge is -2.36. The molecule has 1 aromatic rings. The van der Waals surface area contributed by atoms with E-state index in [0.29, 0.717) is 12.6 Å². The molecule has 32 heavy (non-hydrogen) atoms. The SMILES string of the molecule is O=C(NC1CCCC1)N1CC[C@@H]2O[C@H](COc3cccnc3)CC[C@@H]21.O=C(O)C(F)(F)F. The van der Waals surface area contributed by atoms with E-state index in [2.05, 4.69) is 10.3 Å². The molecule has 0 bridgehead atoms. The van der Waals surface area contributed by atoms with Crippen LogP contribution in [0.5, 0.6) is 5.75 Å². The van der Waals surface area contributed by atoms with E-state index < -0.39 is 12.1 Å². The normalized spacial score (nSPS) is 25.5. The minimum atomic E-state index is -5.08. The Morgan fingerprint density at radius 2 is 1.94 bits per heavy atom. The number of carbonyl (C=O) groups is 2. The molecule has 3 aliphatic rings. The number of nitrogens with one attached hydrogen (secondary N) is 1. The lowest BCUT2D eigenvalue weighted by atomic mass is 9.99. The first-order chi connectivity index (χ1) is 15.2. The predicted octanol–water partition coefficient (Wildman–Crippen LogP) is 3.37. The summed E-state index contributed by atoms with van der Waals surface area (Å²) < 4.78 is 43.7. The topological polar surface area (TPSA) is 101 Å². The maximum absolute atomic E-state index is 12.6. The van der Waals surface area contributed by atoms with Crippen molar-refractivity contribution < 1.29 is 37.3 Å². The number of aromatic nitrogens is 1. The zero-order valence-electron chi connectivity index (χ0n) is 17.6. The summed E-state index contributed by atoms with van der Waals surface area (Å²) in [7, 11) is 0. The van der Waals surface area contributed by atoms with E-state index in [4.69, 9.17) is 19.4 Å². The third-order valence-corrected chi connectivity index (χ3v) is 5.89. The second-order valence-corrected chi connectivity index (χ2v) is 8.16. The number of hydrogen-bond acceptors (Lipinski definition) is 5. The summed E-state index contributed by atoms with van der Waals surface area (Å²) in [4.78, 5) is 27.5.